The molecule has 124 valence electrons. The van der Waals surface area contributed by atoms with E-state index >= 15 is 0 Å². The third-order valence-corrected chi connectivity index (χ3v) is 4.08. The lowest BCUT2D eigenvalue weighted by molar-refractivity contribution is -0.131. The molecular formula is C19H21N3O2. The van der Waals surface area contributed by atoms with E-state index in [0.717, 1.165) is 10.8 Å². The first-order chi connectivity index (χ1) is 11.5. The van der Waals surface area contributed by atoms with Crippen LogP contribution in [0.5, 0.6) is 0 Å². The lowest BCUT2D eigenvalue weighted by atomic mass is 10.1. The molecule has 5 heteroatoms. The average molecular weight is 323 g/mol. The summed E-state index contributed by atoms with van der Waals surface area (Å²) in [4.78, 5) is 25.8. The van der Waals surface area contributed by atoms with Gasteiger partial charge in [0.1, 0.15) is 0 Å². The summed E-state index contributed by atoms with van der Waals surface area (Å²) in [5.41, 5.74) is 0.576. The molecule has 0 fully saturated rings. The number of nitrogens with zero attached hydrogens (tertiary/aromatic N) is 2. The number of carbonyl (C=O) groups is 2. The third kappa shape index (κ3) is 4.32. The Bertz CT molecular complexity index is 780. The van der Waals surface area contributed by atoms with E-state index in [1.54, 1.807) is 18.0 Å². The minimum atomic E-state index is -0.193. The second-order valence-electron chi connectivity index (χ2n) is 5.78. The molecule has 0 aliphatic carbocycles. The molecule has 24 heavy (non-hydrogen) atoms. The van der Waals surface area contributed by atoms with Crippen LogP contribution < -0.4 is 5.32 Å². The fourth-order valence-corrected chi connectivity index (χ4v) is 2.41. The molecule has 0 radical (unpaired) electrons. The Balaban J connectivity index is 1.88. The quantitative estimate of drug-likeness (QED) is 0.888. The summed E-state index contributed by atoms with van der Waals surface area (Å²) in [7, 11) is 1.68. The van der Waals surface area contributed by atoms with Crippen molar-refractivity contribution < 1.29 is 9.59 Å². The Morgan fingerprint density at radius 2 is 1.92 bits per heavy atom. The summed E-state index contributed by atoms with van der Waals surface area (Å²) in [5, 5.41) is 13.5. The van der Waals surface area contributed by atoms with E-state index < -0.39 is 0 Å². The summed E-state index contributed by atoms with van der Waals surface area (Å²) in [6, 6.07) is 15.3. The summed E-state index contributed by atoms with van der Waals surface area (Å²) in [5.74, 6) is -0.280. The lowest BCUT2D eigenvalue weighted by Crippen LogP contribution is -2.37. The first kappa shape index (κ1) is 17.5. The van der Waals surface area contributed by atoms with E-state index in [-0.39, 0.29) is 30.8 Å². The van der Waals surface area contributed by atoms with Gasteiger partial charge in [0, 0.05) is 31.6 Å². The summed E-state index contributed by atoms with van der Waals surface area (Å²) >= 11 is 0. The van der Waals surface area contributed by atoms with Crippen molar-refractivity contribution >= 4 is 22.6 Å². The average Bonchev–Trinajstić information content (AvgIpc) is 2.60. The minimum absolute atomic E-state index is 0.0865. The summed E-state index contributed by atoms with van der Waals surface area (Å²) < 4.78 is 0. The number of hydrogen-bond acceptors (Lipinski definition) is 3. The fraction of sp³-hybridized carbons (Fsp3) is 0.316. The van der Waals surface area contributed by atoms with Crippen LogP contribution in [0.15, 0.2) is 42.5 Å². The van der Waals surface area contributed by atoms with E-state index in [2.05, 4.69) is 11.4 Å². The molecule has 2 aromatic rings. The molecule has 1 N–H and O–H groups in total. The normalized spacial score (nSPS) is 11.5. The Kier molecular flexibility index (Phi) is 5.91. The lowest BCUT2D eigenvalue weighted by Gasteiger charge is -2.23. The van der Waals surface area contributed by atoms with Crippen LogP contribution >= 0.6 is 0 Å². The van der Waals surface area contributed by atoms with E-state index in [0.29, 0.717) is 12.0 Å². The Labute approximate surface area is 141 Å². The van der Waals surface area contributed by atoms with Crippen molar-refractivity contribution in [3.05, 3.63) is 48.0 Å². The molecule has 0 unspecified atom stereocenters. The van der Waals surface area contributed by atoms with E-state index in [1.807, 2.05) is 43.3 Å². The number of nitrogens with one attached hydrogen (secondary N) is 1. The van der Waals surface area contributed by atoms with Crippen molar-refractivity contribution in [1.82, 2.24) is 10.2 Å². The smallest absolute Gasteiger partial charge is 0.251 e. The van der Waals surface area contributed by atoms with Crippen molar-refractivity contribution in [2.24, 2.45) is 0 Å². The highest BCUT2D eigenvalue weighted by molar-refractivity contribution is 5.98. The molecule has 0 aliphatic rings. The molecule has 0 bridgehead atoms. The molecule has 0 aliphatic heterocycles. The van der Waals surface area contributed by atoms with Gasteiger partial charge in [0.15, 0.2) is 0 Å². The molecule has 2 aromatic carbocycles. The maximum atomic E-state index is 12.2. The van der Waals surface area contributed by atoms with Crippen LogP contribution in [0.25, 0.3) is 10.8 Å². The zero-order valence-electron chi connectivity index (χ0n) is 14.0. The molecule has 0 spiro atoms. The van der Waals surface area contributed by atoms with Gasteiger partial charge in [-0.05, 0) is 29.8 Å². The fourth-order valence-electron chi connectivity index (χ4n) is 2.41. The maximum absolute atomic E-state index is 12.2. The maximum Gasteiger partial charge on any atom is 0.251 e. The summed E-state index contributed by atoms with van der Waals surface area (Å²) in [6.45, 7) is 2.10. The molecule has 0 saturated heterocycles. The number of benzene rings is 2. The number of rotatable bonds is 6. The highest BCUT2D eigenvalue weighted by Crippen LogP contribution is 2.15. The topological polar surface area (TPSA) is 73.2 Å². The monoisotopic (exact) mass is 323 g/mol. The number of nitriles is 1. The second-order valence-corrected chi connectivity index (χ2v) is 5.78. The van der Waals surface area contributed by atoms with Crippen LogP contribution in [0.4, 0.5) is 0 Å². The van der Waals surface area contributed by atoms with Crippen LogP contribution in [0, 0.1) is 11.3 Å². The van der Waals surface area contributed by atoms with Gasteiger partial charge in [0.05, 0.1) is 12.5 Å². The van der Waals surface area contributed by atoms with Crippen LogP contribution in [0.3, 0.4) is 0 Å². The van der Waals surface area contributed by atoms with Gasteiger partial charge in [0.2, 0.25) is 5.91 Å². The predicted molar refractivity (Wildman–Crippen MR) is 93.4 cm³/mol. The highest BCUT2D eigenvalue weighted by atomic mass is 16.2. The summed E-state index contributed by atoms with van der Waals surface area (Å²) in [6.07, 6.45) is 0.511. The molecule has 0 aromatic heterocycles. The zero-order chi connectivity index (χ0) is 17.5. The molecule has 2 rings (SSSR count). The van der Waals surface area contributed by atoms with Gasteiger partial charge in [0.25, 0.3) is 5.91 Å². The van der Waals surface area contributed by atoms with E-state index in [4.69, 9.17) is 5.26 Å². The van der Waals surface area contributed by atoms with Crippen molar-refractivity contribution in [2.75, 3.05) is 13.6 Å². The Morgan fingerprint density at radius 3 is 2.62 bits per heavy atom. The minimum Gasteiger partial charge on any atom is -0.352 e. The van der Waals surface area contributed by atoms with Crippen molar-refractivity contribution in [1.29, 1.82) is 5.26 Å². The van der Waals surface area contributed by atoms with Crippen molar-refractivity contribution in [3.63, 3.8) is 0 Å². The predicted octanol–water partition coefficient (Wildman–Crippen LogP) is 2.72. The number of carbonyl (C=O) groups excluding carboxylic acids is 2. The van der Waals surface area contributed by atoms with Gasteiger partial charge in [-0.3, -0.25) is 9.59 Å². The van der Waals surface area contributed by atoms with E-state index in [9.17, 15) is 9.59 Å². The van der Waals surface area contributed by atoms with Crippen molar-refractivity contribution in [2.45, 2.75) is 25.8 Å². The molecule has 5 nitrogen and oxygen atoms in total. The first-order valence-electron chi connectivity index (χ1n) is 7.92. The Hall–Kier alpha value is -2.87. The van der Waals surface area contributed by atoms with Gasteiger partial charge in [-0.25, -0.2) is 0 Å². The van der Waals surface area contributed by atoms with Crippen LogP contribution in [0.2, 0.25) is 0 Å². The standard InChI is InChI=1S/C19H21N3O2/c1-14(9-11-20)22(2)18(23)10-12-21-19(24)17-8-7-15-5-3-4-6-16(15)13-17/h3-8,13-14H,9-10,12H2,1-2H3,(H,21,24)/t14-/m1/s1. The molecule has 0 saturated carbocycles. The van der Waals surface area contributed by atoms with Crippen LogP contribution in [-0.2, 0) is 4.79 Å². The number of hydrogen-bond donors (Lipinski definition) is 1. The Morgan fingerprint density at radius 1 is 1.21 bits per heavy atom. The van der Waals surface area contributed by atoms with Crippen LogP contribution in [-0.4, -0.2) is 36.3 Å². The number of amides is 2. The largest absolute Gasteiger partial charge is 0.352 e. The van der Waals surface area contributed by atoms with Gasteiger partial charge in [-0.1, -0.05) is 30.3 Å². The van der Waals surface area contributed by atoms with Gasteiger partial charge < -0.3 is 10.2 Å². The molecular weight excluding hydrogens is 302 g/mol. The SMILES string of the molecule is C[C@H](CC#N)N(C)C(=O)CCNC(=O)c1ccc2ccccc2c1. The number of fused-ring (bicyclic) bond motifs is 1. The zero-order valence-corrected chi connectivity index (χ0v) is 14.0. The van der Waals surface area contributed by atoms with Gasteiger partial charge >= 0.3 is 0 Å². The van der Waals surface area contributed by atoms with Gasteiger partial charge in [-0.2, -0.15) is 5.26 Å². The van der Waals surface area contributed by atoms with E-state index in [1.165, 1.54) is 0 Å². The van der Waals surface area contributed by atoms with Crippen LogP contribution in [0.1, 0.15) is 30.1 Å². The first-order valence-corrected chi connectivity index (χ1v) is 7.92. The molecule has 1 atom stereocenters. The molecule has 2 amide bonds. The molecule has 0 heterocycles. The highest BCUT2D eigenvalue weighted by Gasteiger charge is 2.15. The van der Waals surface area contributed by atoms with Crippen molar-refractivity contribution in [3.8, 4) is 6.07 Å². The second kappa shape index (κ2) is 8.11. The van der Waals surface area contributed by atoms with Gasteiger partial charge in [-0.15, -0.1) is 0 Å². The third-order valence-electron chi connectivity index (χ3n) is 4.08.